The Morgan fingerprint density at radius 1 is 1.15 bits per heavy atom. The van der Waals surface area contributed by atoms with Gasteiger partial charge in [0.15, 0.2) is 0 Å². The number of amides is 2. The maximum atomic E-state index is 12.5. The molecule has 142 valence electrons. The minimum atomic E-state index is -0.551. The van der Waals surface area contributed by atoms with Gasteiger partial charge in [-0.05, 0) is 62.3 Å². The third kappa shape index (κ3) is 5.90. The van der Waals surface area contributed by atoms with Gasteiger partial charge in [-0.2, -0.15) is 0 Å². The van der Waals surface area contributed by atoms with E-state index < -0.39 is 6.04 Å². The fourth-order valence-corrected chi connectivity index (χ4v) is 3.09. The summed E-state index contributed by atoms with van der Waals surface area (Å²) in [7, 11) is 1.58. The summed E-state index contributed by atoms with van der Waals surface area (Å²) in [4.78, 5) is 25.0. The Hall–Kier alpha value is -2.30. The highest BCUT2D eigenvalue weighted by Crippen LogP contribution is 2.19. The van der Waals surface area contributed by atoms with E-state index in [9.17, 15) is 9.59 Å². The van der Waals surface area contributed by atoms with Crippen molar-refractivity contribution in [3.05, 3.63) is 41.5 Å². The molecule has 2 N–H and O–H groups in total. The third-order valence-corrected chi connectivity index (χ3v) is 4.72. The van der Waals surface area contributed by atoms with Crippen LogP contribution in [0.4, 0.5) is 0 Å². The zero-order valence-electron chi connectivity index (χ0n) is 16.0. The van der Waals surface area contributed by atoms with Crippen molar-refractivity contribution in [1.82, 2.24) is 10.6 Å². The fourth-order valence-electron chi connectivity index (χ4n) is 3.09. The molecular formula is C21H30N2O3. The molecule has 5 heteroatoms. The van der Waals surface area contributed by atoms with Crippen LogP contribution in [-0.2, 0) is 4.79 Å². The molecule has 0 fully saturated rings. The summed E-state index contributed by atoms with van der Waals surface area (Å²) in [5, 5.41) is 5.82. The van der Waals surface area contributed by atoms with Gasteiger partial charge >= 0.3 is 0 Å². The summed E-state index contributed by atoms with van der Waals surface area (Å²) in [6, 6.07) is 6.30. The van der Waals surface area contributed by atoms with E-state index >= 15 is 0 Å². The molecular weight excluding hydrogens is 328 g/mol. The Balaban J connectivity index is 1.88. The minimum absolute atomic E-state index is 0.00564. The van der Waals surface area contributed by atoms with Crippen LogP contribution in [0.2, 0.25) is 0 Å². The average Bonchev–Trinajstić information content (AvgIpc) is 2.66. The molecule has 1 unspecified atom stereocenters. The van der Waals surface area contributed by atoms with Crippen molar-refractivity contribution in [2.75, 3.05) is 13.7 Å². The van der Waals surface area contributed by atoms with Crippen molar-refractivity contribution in [2.24, 2.45) is 5.92 Å². The molecule has 26 heavy (non-hydrogen) atoms. The third-order valence-electron chi connectivity index (χ3n) is 4.72. The SMILES string of the molecule is COc1ccc(C(=O)NC(C(=O)NCCC2=CCCCC2)C(C)C)cc1. The van der Waals surface area contributed by atoms with Crippen molar-refractivity contribution in [1.29, 1.82) is 0 Å². The van der Waals surface area contributed by atoms with Crippen molar-refractivity contribution in [3.8, 4) is 5.75 Å². The van der Waals surface area contributed by atoms with E-state index in [4.69, 9.17) is 4.74 Å². The van der Waals surface area contributed by atoms with Crippen LogP contribution in [-0.4, -0.2) is 31.5 Å². The highest BCUT2D eigenvalue weighted by atomic mass is 16.5. The van der Waals surface area contributed by atoms with Gasteiger partial charge in [-0.3, -0.25) is 9.59 Å². The Morgan fingerprint density at radius 2 is 1.88 bits per heavy atom. The molecule has 2 amide bonds. The average molecular weight is 358 g/mol. The molecule has 0 heterocycles. The molecule has 1 aromatic carbocycles. The topological polar surface area (TPSA) is 67.4 Å². The number of carbonyl (C=O) groups is 2. The molecule has 0 aliphatic heterocycles. The number of hydrogen-bond acceptors (Lipinski definition) is 3. The van der Waals surface area contributed by atoms with Crippen LogP contribution in [0.5, 0.6) is 5.75 Å². The lowest BCUT2D eigenvalue weighted by molar-refractivity contribution is -0.123. The Kier molecular flexibility index (Phi) is 7.70. The number of benzene rings is 1. The first-order valence-corrected chi connectivity index (χ1v) is 9.41. The van der Waals surface area contributed by atoms with Crippen molar-refractivity contribution in [3.63, 3.8) is 0 Å². The first-order chi connectivity index (χ1) is 12.5. The number of carbonyl (C=O) groups excluding carboxylic acids is 2. The molecule has 1 aromatic rings. The Labute approximate surface area is 156 Å². The maximum Gasteiger partial charge on any atom is 0.251 e. The Bertz CT molecular complexity index is 635. The standard InChI is InChI=1S/C21H30N2O3/c1-15(2)19(21(25)22-14-13-16-7-5-4-6-8-16)23-20(24)17-9-11-18(26-3)12-10-17/h7,9-12,15,19H,4-6,8,13-14H2,1-3H3,(H,22,25)(H,23,24). The van der Waals surface area contributed by atoms with E-state index in [1.165, 1.54) is 18.4 Å². The molecule has 0 saturated carbocycles. The highest BCUT2D eigenvalue weighted by Gasteiger charge is 2.24. The molecule has 0 bridgehead atoms. The molecule has 0 aromatic heterocycles. The van der Waals surface area contributed by atoms with Gasteiger partial charge in [0.25, 0.3) is 5.91 Å². The highest BCUT2D eigenvalue weighted by molar-refractivity contribution is 5.97. The normalized spacial score (nSPS) is 15.2. The van der Waals surface area contributed by atoms with Crippen LogP contribution >= 0.6 is 0 Å². The van der Waals surface area contributed by atoms with Crippen molar-refractivity contribution < 1.29 is 14.3 Å². The number of ether oxygens (including phenoxy) is 1. The van der Waals surface area contributed by atoms with Gasteiger partial charge in [-0.1, -0.05) is 25.5 Å². The zero-order valence-corrected chi connectivity index (χ0v) is 16.0. The summed E-state index contributed by atoms with van der Waals surface area (Å²) < 4.78 is 5.10. The smallest absolute Gasteiger partial charge is 0.251 e. The van der Waals surface area contributed by atoms with Gasteiger partial charge < -0.3 is 15.4 Å². The molecule has 1 aliphatic rings. The number of hydrogen-bond donors (Lipinski definition) is 2. The van der Waals surface area contributed by atoms with Crippen molar-refractivity contribution >= 4 is 11.8 Å². The largest absolute Gasteiger partial charge is 0.497 e. The zero-order chi connectivity index (χ0) is 18.9. The molecule has 0 spiro atoms. The molecule has 5 nitrogen and oxygen atoms in total. The summed E-state index contributed by atoms with van der Waals surface area (Å²) in [5.74, 6) is 0.317. The van der Waals surface area contributed by atoms with Gasteiger partial charge in [0, 0.05) is 12.1 Å². The molecule has 0 saturated heterocycles. The van der Waals surface area contributed by atoms with E-state index in [1.807, 2.05) is 13.8 Å². The van der Waals surface area contributed by atoms with Gasteiger partial charge in [-0.25, -0.2) is 0 Å². The number of allylic oxidation sites excluding steroid dienone is 1. The van der Waals surface area contributed by atoms with E-state index in [1.54, 1.807) is 31.4 Å². The van der Waals surface area contributed by atoms with Gasteiger partial charge in [0.2, 0.25) is 5.91 Å². The minimum Gasteiger partial charge on any atom is -0.497 e. The van der Waals surface area contributed by atoms with Crippen LogP contribution in [0.25, 0.3) is 0 Å². The van der Waals surface area contributed by atoms with Crippen LogP contribution < -0.4 is 15.4 Å². The lowest BCUT2D eigenvalue weighted by atomic mass is 9.97. The second kappa shape index (κ2) is 10.00. The fraction of sp³-hybridized carbons (Fsp3) is 0.524. The maximum absolute atomic E-state index is 12.5. The summed E-state index contributed by atoms with van der Waals surface area (Å²) >= 11 is 0. The Morgan fingerprint density at radius 3 is 2.46 bits per heavy atom. The van der Waals surface area contributed by atoms with Gasteiger partial charge in [0.1, 0.15) is 11.8 Å². The summed E-state index contributed by atoms with van der Waals surface area (Å²) in [6.07, 6.45) is 7.98. The van der Waals surface area contributed by atoms with E-state index in [2.05, 4.69) is 16.7 Å². The number of nitrogens with one attached hydrogen (secondary N) is 2. The summed E-state index contributed by atoms with van der Waals surface area (Å²) in [5.41, 5.74) is 1.94. The molecule has 1 aliphatic carbocycles. The lowest BCUT2D eigenvalue weighted by Crippen LogP contribution is -2.49. The van der Waals surface area contributed by atoms with Crippen LogP contribution in [0, 0.1) is 5.92 Å². The van der Waals surface area contributed by atoms with Crippen LogP contribution in [0.15, 0.2) is 35.9 Å². The lowest BCUT2D eigenvalue weighted by Gasteiger charge is -2.22. The van der Waals surface area contributed by atoms with Crippen LogP contribution in [0.1, 0.15) is 56.3 Å². The van der Waals surface area contributed by atoms with E-state index in [-0.39, 0.29) is 17.7 Å². The molecule has 2 rings (SSSR count). The second-order valence-corrected chi connectivity index (χ2v) is 7.07. The first-order valence-electron chi connectivity index (χ1n) is 9.41. The second-order valence-electron chi connectivity index (χ2n) is 7.07. The number of methoxy groups -OCH3 is 1. The van der Waals surface area contributed by atoms with Gasteiger partial charge in [-0.15, -0.1) is 0 Å². The molecule has 0 radical (unpaired) electrons. The monoisotopic (exact) mass is 358 g/mol. The predicted molar refractivity (Wildman–Crippen MR) is 103 cm³/mol. The number of rotatable bonds is 8. The van der Waals surface area contributed by atoms with E-state index in [0.29, 0.717) is 17.9 Å². The summed E-state index contributed by atoms with van der Waals surface area (Å²) in [6.45, 7) is 4.48. The quantitative estimate of drug-likeness (QED) is 0.700. The molecule has 1 atom stereocenters. The van der Waals surface area contributed by atoms with E-state index in [0.717, 1.165) is 19.3 Å². The van der Waals surface area contributed by atoms with Crippen LogP contribution in [0.3, 0.4) is 0 Å². The first kappa shape index (κ1) is 20.0. The predicted octanol–water partition coefficient (Wildman–Crippen LogP) is 3.46. The van der Waals surface area contributed by atoms with Crippen molar-refractivity contribution in [2.45, 2.75) is 52.0 Å². The van der Waals surface area contributed by atoms with Gasteiger partial charge in [0.05, 0.1) is 7.11 Å².